The minimum atomic E-state index is -3.57. The molecular weight excluding hydrogens is 382 g/mol. The number of aryl methyl sites for hydroxylation is 1. The molecule has 0 radical (unpaired) electrons. The van der Waals surface area contributed by atoms with E-state index in [0.717, 1.165) is 16.9 Å². The van der Waals surface area contributed by atoms with Crippen LogP contribution in [0.2, 0.25) is 0 Å². The minimum absolute atomic E-state index is 0.163. The van der Waals surface area contributed by atoms with Crippen molar-refractivity contribution in [3.05, 3.63) is 36.6 Å². The Morgan fingerprint density at radius 3 is 2.80 bits per heavy atom. The van der Waals surface area contributed by atoms with Crippen LogP contribution in [0.5, 0.6) is 0 Å². The van der Waals surface area contributed by atoms with E-state index in [4.69, 9.17) is 5.11 Å². The van der Waals surface area contributed by atoms with Crippen molar-refractivity contribution in [3.63, 3.8) is 0 Å². The fourth-order valence-corrected chi connectivity index (χ4v) is 6.28. The van der Waals surface area contributed by atoms with Crippen molar-refractivity contribution in [3.8, 4) is 0 Å². The first-order valence-corrected chi connectivity index (χ1v) is 9.89. The lowest BCUT2D eigenvalue weighted by molar-refractivity contribution is 0.285. The maximum Gasteiger partial charge on any atom is 0.242 e. The average molecular weight is 396 g/mol. The summed E-state index contributed by atoms with van der Waals surface area (Å²) >= 11 is 6.00. The Labute approximate surface area is 134 Å². The first kappa shape index (κ1) is 16.1. The molecule has 2 aromatic heterocycles. The van der Waals surface area contributed by atoms with Gasteiger partial charge in [0.25, 0.3) is 0 Å². The molecule has 2 N–H and O–H groups in total. The number of sulfonamides is 1. The molecule has 2 rings (SSSR count). The van der Waals surface area contributed by atoms with Crippen LogP contribution in [-0.2, 0) is 29.6 Å². The van der Waals surface area contributed by atoms with Gasteiger partial charge in [-0.05, 0) is 45.4 Å². The Morgan fingerprint density at radius 2 is 2.20 bits per heavy atom. The molecule has 0 bridgehead atoms. The van der Waals surface area contributed by atoms with E-state index >= 15 is 0 Å². The summed E-state index contributed by atoms with van der Waals surface area (Å²) in [7, 11) is -3.57. The maximum absolute atomic E-state index is 12.3. The molecule has 0 fully saturated rings. The average Bonchev–Trinajstić information content (AvgIpc) is 3.02. The van der Waals surface area contributed by atoms with Gasteiger partial charge in [0.2, 0.25) is 10.0 Å². The molecule has 110 valence electrons. The Hall–Kier alpha value is -0.250. The summed E-state index contributed by atoms with van der Waals surface area (Å²) in [5, 5.41) is 11.0. The van der Waals surface area contributed by atoms with Gasteiger partial charge in [-0.3, -0.25) is 0 Å². The third kappa shape index (κ3) is 3.49. The molecule has 20 heavy (non-hydrogen) atoms. The summed E-state index contributed by atoms with van der Waals surface area (Å²) < 4.78 is 27.6. The van der Waals surface area contributed by atoms with E-state index in [9.17, 15) is 8.42 Å². The number of aliphatic hydroxyl groups is 1. The van der Waals surface area contributed by atoms with Gasteiger partial charge in [-0.15, -0.1) is 22.7 Å². The fraction of sp³-hybridized carbons (Fsp3) is 0.333. The van der Waals surface area contributed by atoms with E-state index in [0.29, 0.717) is 15.2 Å². The molecule has 4 nitrogen and oxygen atoms in total. The number of halogens is 1. The van der Waals surface area contributed by atoms with E-state index in [2.05, 4.69) is 20.7 Å². The third-order valence-corrected chi connectivity index (χ3v) is 7.39. The maximum atomic E-state index is 12.3. The summed E-state index contributed by atoms with van der Waals surface area (Å²) in [4.78, 5) is 1.83. The highest BCUT2D eigenvalue weighted by Crippen LogP contribution is 2.31. The van der Waals surface area contributed by atoms with Crippen molar-refractivity contribution >= 4 is 48.6 Å². The first-order valence-electron chi connectivity index (χ1n) is 5.92. The molecule has 0 aromatic carbocycles. The van der Waals surface area contributed by atoms with Crippen LogP contribution in [0.25, 0.3) is 0 Å². The number of thiophene rings is 2. The topological polar surface area (TPSA) is 66.4 Å². The fourth-order valence-electron chi connectivity index (χ4n) is 1.73. The van der Waals surface area contributed by atoms with Gasteiger partial charge in [-0.25, -0.2) is 13.1 Å². The second kappa shape index (κ2) is 6.67. The summed E-state index contributed by atoms with van der Waals surface area (Å²) in [6, 6.07) is 3.50. The smallest absolute Gasteiger partial charge is 0.242 e. The minimum Gasteiger partial charge on any atom is -0.391 e. The summed E-state index contributed by atoms with van der Waals surface area (Å²) in [6.45, 7) is 2.17. The monoisotopic (exact) mass is 395 g/mol. The Kier molecular flexibility index (Phi) is 5.38. The number of hydrogen-bond donors (Lipinski definition) is 2. The van der Waals surface area contributed by atoms with Gasteiger partial charge in [0.1, 0.15) is 4.90 Å². The molecule has 2 heterocycles. The lowest BCUT2D eigenvalue weighted by Gasteiger charge is -2.06. The van der Waals surface area contributed by atoms with Crippen molar-refractivity contribution in [1.82, 2.24) is 4.72 Å². The van der Waals surface area contributed by atoms with Crippen molar-refractivity contribution in [2.45, 2.75) is 31.4 Å². The normalized spacial score (nSPS) is 11.9. The molecule has 0 aliphatic heterocycles. The Morgan fingerprint density at radius 1 is 1.45 bits per heavy atom. The number of rotatable bonds is 6. The molecule has 8 heteroatoms. The van der Waals surface area contributed by atoms with Crippen molar-refractivity contribution in [1.29, 1.82) is 0 Å². The molecule has 0 aliphatic rings. The Bertz CT molecular complexity index is 691. The second-order valence-corrected chi connectivity index (χ2v) is 9.25. The van der Waals surface area contributed by atoms with Crippen LogP contribution in [-0.4, -0.2) is 13.5 Å². The van der Waals surface area contributed by atoms with Crippen LogP contribution in [0.15, 0.2) is 26.2 Å². The van der Waals surface area contributed by atoms with Gasteiger partial charge in [0.15, 0.2) is 0 Å². The third-order valence-electron chi connectivity index (χ3n) is 2.79. The molecule has 0 spiro atoms. The highest BCUT2D eigenvalue weighted by Gasteiger charge is 2.21. The van der Waals surface area contributed by atoms with Crippen LogP contribution >= 0.6 is 38.6 Å². The quantitative estimate of drug-likeness (QED) is 0.789. The predicted molar refractivity (Wildman–Crippen MR) is 85.7 cm³/mol. The van der Waals surface area contributed by atoms with E-state index in [-0.39, 0.29) is 11.5 Å². The van der Waals surface area contributed by atoms with Crippen LogP contribution in [0.4, 0.5) is 0 Å². The van der Waals surface area contributed by atoms with Crippen LogP contribution in [0.1, 0.15) is 22.2 Å². The molecule has 0 atom stereocenters. The standard InChI is InChI=1S/C12H14BrNO3S3/c1-2-8-3-4-18-10(8)6-14-20(16,17)11-5-9(7-15)19-12(11)13/h3-5,14-15H,2,6-7H2,1H3. The number of hydrogen-bond acceptors (Lipinski definition) is 5. The van der Waals surface area contributed by atoms with Gasteiger partial charge in [-0.2, -0.15) is 0 Å². The van der Waals surface area contributed by atoms with E-state index in [1.807, 2.05) is 18.4 Å². The van der Waals surface area contributed by atoms with Crippen LogP contribution in [0, 0.1) is 0 Å². The van der Waals surface area contributed by atoms with Crippen LogP contribution < -0.4 is 4.72 Å². The van der Waals surface area contributed by atoms with Crippen molar-refractivity contribution in [2.24, 2.45) is 0 Å². The lowest BCUT2D eigenvalue weighted by Crippen LogP contribution is -2.23. The predicted octanol–water partition coefficient (Wildman–Crippen LogP) is 3.11. The van der Waals surface area contributed by atoms with Gasteiger partial charge in [0, 0.05) is 16.3 Å². The SMILES string of the molecule is CCc1ccsc1CNS(=O)(=O)c1cc(CO)sc1Br. The van der Waals surface area contributed by atoms with Crippen molar-refractivity contribution in [2.75, 3.05) is 0 Å². The Balaban J connectivity index is 2.17. The first-order chi connectivity index (χ1) is 9.47. The van der Waals surface area contributed by atoms with Gasteiger partial charge in [0.05, 0.1) is 10.4 Å². The summed E-state index contributed by atoms with van der Waals surface area (Å²) in [5.74, 6) is 0. The highest BCUT2D eigenvalue weighted by atomic mass is 79.9. The van der Waals surface area contributed by atoms with Crippen LogP contribution in [0.3, 0.4) is 0 Å². The molecular formula is C12H14BrNO3S3. The number of nitrogens with one attached hydrogen (secondary N) is 1. The zero-order valence-corrected chi connectivity index (χ0v) is 14.8. The molecule has 0 saturated heterocycles. The van der Waals surface area contributed by atoms with Gasteiger partial charge >= 0.3 is 0 Å². The van der Waals surface area contributed by atoms with Gasteiger partial charge < -0.3 is 5.11 Å². The lowest BCUT2D eigenvalue weighted by atomic mass is 10.2. The highest BCUT2D eigenvalue weighted by molar-refractivity contribution is 9.11. The molecule has 0 saturated carbocycles. The molecule has 0 amide bonds. The summed E-state index contributed by atoms with van der Waals surface area (Å²) in [6.07, 6.45) is 0.886. The molecule has 0 unspecified atom stereocenters. The molecule has 2 aromatic rings. The number of aliphatic hydroxyl groups excluding tert-OH is 1. The summed E-state index contributed by atoms with van der Waals surface area (Å²) in [5.41, 5.74) is 1.16. The second-order valence-electron chi connectivity index (χ2n) is 4.06. The van der Waals surface area contributed by atoms with E-state index in [1.54, 1.807) is 11.3 Å². The molecule has 0 aliphatic carbocycles. The largest absolute Gasteiger partial charge is 0.391 e. The zero-order chi connectivity index (χ0) is 14.8. The van der Waals surface area contributed by atoms with E-state index in [1.165, 1.54) is 17.4 Å². The van der Waals surface area contributed by atoms with Gasteiger partial charge in [-0.1, -0.05) is 6.92 Å². The van der Waals surface area contributed by atoms with E-state index < -0.39 is 10.0 Å². The zero-order valence-electron chi connectivity index (χ0n) is 10.7. The van der Waals surface area contributed by atoms with Crippen molar-refractivity contribution < 1.29 is 13.5 Å².